The summed E-state index contributed by atoms with van der Waals surface area (Å²) >= 11 is 0. The number of nitrogens with one attached hydrogen (secondary N) is 1. The van der Waals surface area contributed by atoms with Crippen molar-refractivity contribution in [3.05, 3.63) is 36.0 Å². The van der Waals surface area contributed by atoms with Gasteiger partial charge in [0, 0.05) is 12.5 Å². The molecule has 0 heterocycles. The lowest BCUT2D eigenvalue weighted by Crippen LogP contribution is -2.44. The van der Waals surface area contributed by atoms with Crippen LogP contribution in [0.25, 0.3) is 0 Å². The van der Waals surface area contributed by atoms with E-state index in [0.717, 1.165) is 24.8 Å². The summed E-state index contributed by atoms with van der Waals surface area (Å²) in [5.41, 5.74) is 1.11. The third-order valence-electron chi connectivity index (χ3n) is 5.52. The third kappa shape index (κ3) is 5.07. The molecule has 3 nitrogen and oxygen atoms in total. The Morgan fingerprint density at radius 1 is 1.38 bits per heavy atom. The van der Waals surface area contributed by atoms with Gasteiger partial charge in [0.1, 0.15) is 0 Å². The minimum atomic E-state index is -0.640. The van der Waals surface area contributed by atoms with Gasteiger partial charge >= 0.3 is 0 Å². The molecule has 3 atom stereocenters. The van der Waals surface area contributed by atoms with Crippen LogP contribution in [0.1, 0.15) is 53.4 Å². The van der Waals surface area contributed by atoms with Crippen LogP contribution in [0.2, 0.25) is 0 Å². The number of aliphatic hydroxyl groups excluding tert-OH is 1. The van der Waals surface area contributed by atoms with Gasteiger partial charge in [-0.05, 0) is 48.5 Å². The highest BCUT2D eigenvalue weighted by Crippen LogP contribution is 2.44. The minimum absolute atomic E-state index is 0.0567. The number of hydrogen-bond donors (Lipinski definition) is 2. The van der Waals surface area contributed by atoms with E-state index < -0.39 is 6.10 Å². The van der Waals surface area contributed by atoms with Gasteiger partial charge in [0.25, 0.3) is 0 Å². The molecule has 2 N–H and O–H groups in total. The summed E-state index contributed by atoms with van der Waals surface area (Å²) in [6, 6.07) is 0. The fourth-order valence-electron chi connectivity index (χ4n) is 3.98. The number of rotatable bonds is 5. The summed E-state index contributed by atoms with van der Waals surface area (Å²) in [4.78, 5) is 12.8. The van der Waals surface area contributed by atoms with E-state index in [4.69, 9.17) is 0 Å². The summed E-state index contributed by atoms with van der Waals surface area (Å²) in [5.74, 6) is 1.12. The molecular formula is C21H33NO2. The lowest BCUT2D eigenvalue weighted by atomic mass is 9.64. The van der Waals surface area contributed by atoms with Crippen molar-refractivity contribution in [1.82, 2.24) is 5.32 Å². The molecule has 0 aromatic rings. The molecular weight excluding hydrogens is 298 g/mol. The van der Waals surface area contributed by atoms with Gasteiger partial charge in [-0.2, -0.15) is 0 Å². The van der Waals surface area contributed by atoms with Gasteiger partial charge in [0.15, 0.2) is 0 Å². The molecule has 2 rings (SSSR count). The molecule has 0 aliphatic heterocycles. The quantitative estimate of drug-likeness (QED) is 0.800. The summed E-state index contributed by atoms with van der Waals surface area (Å²) in [6.07, 6.45) is 13.3. The Kier molecular flexibility index (Phi) is 6.45. The molecule has 2 aliphatic carbocycles. The number of carbonyl (C=O) groups is 1. The topological polar surface area (TPSA) is 49.3 Å². The molecule has 0 aromatic heterocycles. The molecule has 0 aromatic carbocycles. The molecule has 1 saturated carbocycles. The van der Waals surface area contributed by atoms with Crippen molar-refractivity contribution in [3.8, 4) is 0 Å². The van der Waals surface area contributed by atoms with Gasteiger partial charge in [0.05, 0.1) is 6.10 Å². The maximum absolute atomic E-state index is 12.8. The lowest BCUT2D eigenvalue weighted by Gasteiger charge is -2.41. The number of aliphatic hydroxyl groups is 1. The first-order valence-corrected chi connectivity index (χ1v) is 9.29. The number of allylic oxidation sites excluding steroid dienone is 4. The van der Waals surface area contributed by atoms with Crippen molar-refractivity contribution in [3.63, 3.8) is 0 Å². The van der Waals surface area contributed by atoms with Gasteiger partial charge < -0.3 is 10.4 Å². The molecule has 3 heteroatoms. The van der Waals surface area contributed by atoms with E-state index in [0.29, 0.717) is 11.8 Å². The number of amides is 1. The molecule has 0 bridgehead atoms. The molecule has 24 heavy (non-hydrogen) atoms. The predicted molar refractivity (Wildman–Crippen MR) is 99.4 cm³/mol. The molecule has 3 unspecified atom stereocenters. The second kappa shape index (κ2) is 8.15. The average molecular weight is 332 g/mol. The highest BCUT2D eigenvalue weighted by atomic mass is 16.3. The first-order chi connectivity index (χ1) is 11.3. The molecule has 0 radical (unpaired) electrons. The Morgan fingerprint density at radius 2 is 2.12 bits per heavy atom. The van der Waals surface area contributed by atoms with E-state index in [2.05, 4.69) is 33.0 Å². The zero-order valence-corrected chi connectivity index (χ0v) is 15.6. The first-order valence-electron chi connectivity index (χ1n) is 9.29. The fourth-order valence-corrected chi connectivity index (χ4v) is 3.98. The summed E-state index contributed by atoms with van der Waals surface area (Å²) in [7, 11) is 0. The number of carbonyl (C=O) groups excluding carboxylic acids is 1. The second-order valence-electron chi connectivity index (χ2n) is 8.41. The maximum Gasteiger partial charge on any atom is 0.223 e. The average Bonchev–Trinajstić information content (AvgIpc) is 2.80. The van der Waals surface area contributed by atoms with E-state index in [1.165, 1.54) is 6.42 Å². The summed E-state index contributed by atoms with van der Waals surface area (Å²) < 4.78 is 0. The van der Waals surface area contributed by atoms with Crippen molar-refractivity contribution >= 4 is 5.91 Å². The Morgan fingerprint density at radius 3 is 2.83 bits per heavy atom. The zero-order chi connectivity index (χ0) is 17.7. The van der Waals surface area contributed by atoms with Gasteiger partial charge in [0.2, 0.25) is 5.91 Å². The summed E-state index contributed by atoms with van der Waals surface area (Å²) in [5, 5.41) is 13.4. The van der Waals surface area contributed by atoms with Crippen molar-refractivity contribution in [2.24, 2.45) is 23.2 Å². The van der Waals surface area contributed by atoms with Crippen LogP contribution in [-0.2, 0) is 4.79 Å². The zero-order valence-electron chi connectivity index (χ0n) is 15.6. The van der Waals surface area contributed by atoms with Crippen LogP contribution >= 0.6 is 0 Å². The smallest absolute Gasteiger partial charge is 0.223 e. The third-order valence-corrected chi connectivity index (χ3v) is 5.52. The van der Waals surface area contributed by atoms with Crippen LogP contribution in [0.4, 0.5) is 0 Å². The predicted octanol–water partition coefficient (Wildman–Crippen LogP) is 4.00. The van der Waals surface area contributed by atoms with Crippen LogP contribution < -0.4 is 5.32 Å². The first kappa shape index (κ1) is 19.0. The Labute approximate surface area is 146 Å². The van der Waals surface area contributed by atoms with E-state index in [-0.39, 0.29) is 23.8 Å². The monoisotopic (exact) mass is 331 g/mol. The van der Waals surface area contributed by atoms with Crippen LogP contribution in [-0.4, -0.2) is 23.7 Å². The molecule has 0 saturated heterocycles. The van der Waals surface area contributed by atoms with Gasteiger partial charge in [-0.25, -0.2) is 0 Å². The normalized spacial score (nSPS) is 27.5. The van der Waals surface area contributed by atoms with Gasteiger partial charge in [-0.1, -0.05) is 58.1 Å². The van der Waals surface area contributed by atoms with E-state index in [1.54, 1.807) is 0 Å². The van der Waals surface area contributed by atoms with Gasteiger partial charge in [-0.15, -0.1) is 0 Å². The van der Waals surface area contributed by atoms with Crippen LogP contribution in [0, 0.1) is 23.2 Å². The highest BCUT2D eigenvalue weighted by Gasteiger charge is 2.39. The molecule has 1 fully saturated rings. The Bertz CT molecular complexity index is 528. The largest absolute Gasteiger partial charge is 0.387 e. The van der Waals surface area contributed by atoms with Crippen LogP contribution in [0.3, 0.4) is 0 Å². The van der Waals surface area contributed by atoms with E-state index in [9.17, 15) is 9.90 Å². The van der Waals surface area contributed by atoms with Gasteiger partial charge in [-0.3, -0.25) is 4.79 Å². The second-order valence-corrected chi connectivity index (χ2v) is 8.41. The van der Waals surface area contributed by atoms with Crippen molar-refractivity contribution in [2.45, 2.75) is 59.5 Å². The molecule has 2 aliphatic rings. The minimum Gasteiger partial charge on any atom is -0.387 e. The highest BCUT2D eigenvalue weighted by molar-refractivity contribution is 5.79. The van der Waals surface area contributed by atoms with Crippen LogP contribution in [0.15, 0.2) is 36.0 Å². The van der Waals surface area contributed by atoms with Crippen molar-refractivity contribution < 1.29 is 9.90 Å². The van der Waals surface area contributed by atoms with Crippen LogP contribution in [0.5, 0.6) is 0 Å². The standard InChI is InChI=1S/C21H33NO2/c1-15(2)17-11-12-21(3,4)13-18(17)20(24)22-14-19(23)16-9-7-5-6-8-10-16/h5-7,9-10,15,17-19,23H,8,11-14H2,1-4H3,(H,22,24). The summed E-state index contributed by atoms with van der Waals surface area (Å²) in [6.45, 7) is 9.23. The fraction of sp³-hybridized carbons (Fsp3) is 0.667. The molecule has 1 amide bonds. The van der Waals surface area contributed by atoms with E-state index in [1.807, 2.05) is 30.4 Å². The Balaban J connectivity index is 1.95. The number of hydrogen-bond acceptors (Lipinski definition) is 2. The molecule has 134 valence electrons. The Hall–Kier alpha value is -1.35. The SMILES string of the molecule is CC(C)C1CCC(C)(C)CC1C(=O)NCC(O)C1=CCC=CC=C1. The molecule has 0 spiro atoms. The maximum atomic E-state index is 12.8. The van der Waals surface area contributed by atoms with Crippen molar-refractivity contribution in [1.29, 1.82) is 0 Å². The van der Waals surface area contributed by atoms with Crippen molar-refractivity contribution in [2.75, 3.05) is 6.54 Å². The van der Waals surface area contributed by atoms with E-state index >= 15 is 0 Å². The lowest BCUT2D eigenvalue weighted by molar-refractivity contribution is -0.130.